The van der Waals surface area contributed by atoms with Gasteiger partial charge in [0.1, 0.15) is 11.8 Å². The SMILES string of the molecule is COc1ccc(CSc2cccc(C(=O)O)c2)cc1C#N. The summed E-state index contributed by atoms with van der Waals surface area (Å²) >= 11 is 1.52. The van der Waals surface area contributed by atoms with Gasteiger partial charge < -0.3 is 9.84 Å². The Balaban J connectivity index is 2.11. The van der Waals surface area contributed by atoms with Crippen LogP contribution in [0.3, 0.4) is 0 Å². The monoisotopic (exact) mass is 299 g/mol. The van der Waals surface area contributed by atoms with E-state index in [0.717, 1.165) is 10.5 Å². The smallest absolute Gasteiger partial charge is 0.335 e. The highest BCUT2D eigenvalue weighted by Gasteiger charge is 2.06. The Morgan fingerprint density at radius 2 is 2.14 bits per heavy atom. The number of carboxylic acid groups (broad SMARTS) is 1. The van der Waals surface area contributed by atoms with E-state index < -0.39 is 5.97 Å². The van der Waals surface area contributed by atoms with Gasteiger partial charge in [0.2, 0.25) is 0 Å². The van der Waals surface area contributed by atoms with Crippen LogP contribution >= 0.6 is 11.8 Å². The molecule has 2 aromatic rings. The predicted octanol–water partition coefficient (Wildman–Crippen LogP) is 3.56. The molecule has 0 bridgehead atoms. The first-order valence-corrected chi connectivity index (χ1v) is 7.16. The summed E-state index contributed by atoms with van der Waals surface area (Å²) in [4.78, 5) is 11.8. The van der Waals surface area contributed by atoms with E-state index in [4.69, 9.17) is 15.1 Å². The van der Waals surface area contributed by atoms with Gasteiger partial charge in [-0.1, -0.05) is 12.1 Å². The minimum Gasteiger partial charge on any atom is -0.495 e. The Kier molecular flexibility index (Phi) is 4.85. The first-order valence-electron chi connectivity index (χ1n) is 6.17. The van der Waals surface area contributed by atoms with Crippen LogP contribution in [0.15, 0.2) is 47.4 Å². The van der Waals surface area contributed by atoms with Gasteiger partial charge in [0, 0.05) is 10.6 Å². The van der Waals surface area contributed by atoms with Gasteiger partial charge in [0.25, 0.3) is 0 Å². The number of nitrogens with zero attached hydrogens (tertiary/aromatic N) is 1. The molecule has 0 amide bonds. The molecule has 106 valence electrons. The van der Waals surface area contributed by atoms with Gasteiger partial charge in [-0.25, -0.2) is 4.79 Å². The summed E-state index contributed by atoms with van der Waals surface area (Å²) in [5, 5.41) is 18.0. The van der Waals surface area contributed by atoms with Crippen LogP contribution in [0, 0.1) is 11.3 Å². The van der Waals surface area contributed by atoms with Crippen molar-refractivity contribution in [2.75, 3.05) is 7.11 Å². The van der Waals surface area contributed by atoms with Crippen molar-refractivity contribution in [3.63, 3.8) is 0 Å². The summed E-state index contributed by atoms with van der Waals surface area (Å²) in [6, 6.07) is 14.3. The summed E-state index contributed by atoms with van der Waals surface area (Å²) < 4.78 is 5.10. The van der Waals surface area contributed by atoms with E-state index in [1.165, 1.54) is 18.9 Å². The molecule has 0 aromatic heterocycles. The Morgan fingerprint density at radius 3 is 2.81 bits per heavy atom. The minimum absolute atomic E-state index is 0.271. The zero-order valence-electron chi connectivity index (χ0n) is 11.4. The highest BCUT2D eigenvalue weighted by atomic mass is 32.2. The second-order valence-electron chi connectivity index (χ2n) is 4.27. The molecular weight excluding hydrogens is 286 g/mol. The fourth-order valence-corrected chi connectivity index (χ4v) is 2.72. The minimum atomic E-state index is -0.936. The second kappa shape index (κ2) is 6.82. The van der Waals surface area contributed by atoms with Crippen LogP contribution in [-0.2, 0) is 5.75 Å². The van der Waals surface area contributed by atoms with Gasteiger partial charge >= 0.3 is 5.97 Å². The number of hydrogen-bond acceptors (Lipinski definition) is 4. The van der Waals surface area contributed by atoms with Crippen LogP contribution in [0.25, 0.3) is 0 Å². The maximum absolute atomic E-state index is 10.9. The van der Waals surface area contributed by atoms with Crippen LogP contribution in [0.2, 0.25) is 0 Å². The molecule has 0 fully saturated rings. The third kappa shape index (κ3) is 3.77. The van der Waals surface area contributed by atoms with Gasteiger partial charge in [0.15, 0.2) is 0 Å². The Labute approximate surface area is 127 Å². The molecule has 5 heteroatoms. The molecular formula is C16H13NO3S. The lowest BCUT2D eigenvalue weighted by atomic mass is 10.1. The first-order chi connectivity index (χ1) is 10.1. The fraction of sp³-hybridized carbons (Fsp3) is 0.125. The molecule has 0 saturated heterocycles. The number of carboxylic acids is 1. The second-order valence-corrected chi connectivity index (χ2v) is 5.32. The standard InChI is InChI=1S/C16H13NO3S/c1-20-15-6-5-11(7-13(15)9-17)10-21-14-4-2-3-12(8-14)16(18)19/h2-8H,10H2,1H3,(H,18,19). The number of rotatable bonds is 5. The van der Waals surface area contributed by atoms with E-state index in [1.807, 2.05) is 12.1 Å². The zero-order chi connectivity index (χ0) is 15.2. The van der Waals surface area contributed by atoms with Crippen molar-refractivity contribution in [1.29, 1.82) is 5.26 Å². The average molecular weight is 299 g/mol. The van der Waals surface area contributed by atoms with Gasteiger partial charge in [-0.3, -0.25) is 0 Å². The molecule has 2 aromatic carbocycles. The molecule has 0 aliphatic carbocycles. The summed E-state index contributed by atoms with van der Waals surface area (Å²) in [6.45, 7) is 0. The van der Waals surface area contributed by atoms with Crippen molar-refractivity contribution in [2.45, 2.75) is 10.6 Å². The number of nitriles is 1. The van der Waals surface area contributed by atoms with E-state index >= 15 is 0 Å². The first kappa shape index (κ1) is 14.9. The molecule has 4 nitrogen and oxygen atoms in total. The number of methoxy groups -OCH3 is 1. The van der Waals surface area contributed by atoms with Gasteiger partial charge in [-0.15, -0.1) is 11.8 Å². The molecule has 0 aliphatic heterocycles. The van der Waals surface area contributed by atoms with Gasteiger partial charge in [0.05, 0.1) is 18.2 Å². The molecule has 1 N–H and O–H groups in total. The number of hydrogen-bond donors (Lipinski definition) is 1. The zero-order valence-corrected chi connectivity index (χ0v) is 12.2. The van der Waals surface area contributed by atoms with Crippen molar-refractivity contribution in [3.05, 3.63) is 59.2 Å². The van der Waals surface area contributed by atoms with E-state index in [0.29, 0.717) is 17.1 Å². The van der Waals surface area contributed by atoms with Crippen molar-refractivity contribution in [2.24, 2.45) is 0 Å². The lowest BCUT2D eigenvalue weighted by molar-refractivity contribution is 0.0696. The van der Waals surface area contributed by atoms with Crippen LogP contribution in [-0.4, -0.2) is 18.2 Å². The lowest BCUT2D eigenvalue weighted by Gasteiger charge is -2.06. The Morgan fingerprint density at radius 1 is 1.33 bits per heavy atom. The van der Waals surface area contributed by atoms with E-state index in [-0.39, 0.29) is 5.56 Å². The van der Waals surface area contributed by atoms with Crippen LogP contribution in [0.4, 0.5) is 0 Å². The molecule has 0 spiro atoms. The molecule has 21 heavy (non-hydrogen) atoms. The van der Waals surface area contributed by atoms with Crippen LogP contribution in [0.5, 0.6) is 5.75 Å². The van der Waals surface area contributed by atoms with Crippen LogP contribution in [0.1, 0.15) is 21.5 Å². The van der Waals surface area contributed by atoms with E-state index in [2.05, 4.69) is 6.07 Å². The summed E-state index contributed by atoms with van der Waals surface area (Å²) in [6.07, 6.45) is 0. The molecule has 0 heterocycles. The largest absolute Gasteiger partial charge is 0.495 e. The number of carbonyl (C=O) groups is 1. The van der Waals surface area contributed by atoms with Crippen molar-refractivity contribution >= 4 is 17.7 Å². The quantitative estimate of drug-likeness (QED) is 0.855. The summed E-state index contributed by atoms with van der Waals surface area (Å²) in [5.74, 6) is 0.273. The third-order valence-electron chi connectivity index (χ3n) is 2.87. The average Bonchev–Trinajstić information content (AvgIpc) is 2.52. The molecule has 2 rings (SSSR count). The Hall–Kier alpha value is -2.45. The molecule has 0 unspecified atom stereocenters. The maximum atomic E-state index is 10.9. The highest BCUT2D eigenvalue weighted by molar-refractivity contribution is 7.98. The number of thioether (sulfide) groups is 1. The number of aromatic carboxylic acids is 1. The highest BCUT2D eigenvalue weighted by Crippen LogP contribution is 2.26. The molecule has 0 aliphatic rings. The predicted molar refractivity (Wildman–Crippen MR) is 80.7 cm³/mol. The van der Waals surface area contributed by atoms with Crippen LogP contribution < -0.4 is 4.74 Å². The number of ether oxygens (including phenoxy) is 1. The normalized spacial score (nSPS) is 9.90. The van der Waals surface area contributed by atoms with E-state index in [1.54, 1.807) is 30.3 Å². The summed E-state index contributed by atoms with van der Waals surface area (Å²) in [5.41, 5.74) is 1.75. The van der Waals surface area contributed by atoms with Crippen molar-refractivity contribution in [1.82, 2.24) is 0 Å². The number of benzene rings is 2. The van der Waals surface area contributed by atoms with Gasteiger partial charge in [-0.2, -0.15) is 5.26 Å². The topological polar surface area (TPSA) is 70.3 Å². The van der Waals surface area contributed by atoms with E-state index in [9.17, 15) is 4.79 Å². The Bertz CT molecular complexity index is 707. The van der Waals surface area contributed by atoms with Gasteiger partial charge in [-0.05, 0) is 35.9 Å². The molecule has 0 saturated carbocycles. The van der Waals surface area contributed by atoms with Crippen molar-refractivity contribution < 1.29 is 14.6 Å². The molecule has 0 atom stereocenters. The third-order valence-corrected chi connectivity index (χ3v) is 3.94. The molecule has 0 radical (unpaired) electrons. The van der Waals surface area contributed by atoms with Crippen molar-refractivity contribution in [3.8, 4) is 11.8 Å². The maximum Gasteiger partial charge on any atom is 0.335 e. The summed E-state index contributed by atoms with van der Waals surface area (Å²) in [7, 11) is 1.53. The lowest BCUT2D eigenvalue weighted by Crippen LogP contribution is -1.95. The fourth-order valence-electron chi connectivity index (χ4n) is 1.82.